The molecule has 17 heavy (non-hydrogen) atoms. The lowest BCUT2D eigenvalue weighted by Gasteiger charge is -2.34. The number of hydrogen-bond acceptors (Lipinski definition) is 1. The van der Waals surface area contributed by atoms with Crippen LogP contribution < -0.4 is 5.73 Å². The molecular weight excluding hydrogens is 206 g/mol. The molecule has 0 radical (unpaired) electrons. The molecule has 0 aliphatic heterocycles. The molecular formula is C16H33N. The van der Waals surface area contributed by atoms with Crippen LogP contribution in [-0.4, -0.2) is 6.04 Å². The summed E-state index contributed by atoms with van der Waals surface area (Å²) in [4.78, 5) is 0. The van der Waals surface area contributed by atoms with E-state index in [1.165, 1.54) is 70.6 Å². The van der Waals surface area contributed by atoms with Crippen molar-refractivity contribution in [3.05, 3.63) is 0 Å². The smallest absolute Gasteiger partial charge is 0.00673 e. The second kappa shape index (κ2) is 8.97. The number of unbranched alkanes of at least 4 members (excludes halogenated alkanes) is 4. The van der Waals surface area contributed by atoms with Crippen LogP contribution in [0, 0.1) is 11.8 Å². The van der Waals surface area contributed by atoms with Gasteiger partial charge in [0.25, 0.3) is 0 Å². The molecule has 0 amide bonds. The van der Waals surface area contributed by atoms with E-state index in [1.54, 1.807) is 0 Å². The summed E-state index contributed by atoms with van der Waals surface area (Å²) in [5.41, 5.74) is 6.28. The van der Waals surface area contributed by atoms with Crippen molar-refractivity contribution < 1.29 is 0 Å². The predicted molar refractivity (Wildman–Crippen MR) is 77.1 cm³/mol. The molecule has 0 aromatic rings. The fourth-order valence-electron chi connectivity index (χ4n) is 3.40. The SMILES string of the molecule is CCCCCCCC1CC(CCC)CCC1N. The average Bonchev–Trinajstić information content (AvgIpc) is 2.33. The number of nitrogens with two attached hydrogens (primary N) is 1. The van der Waals surface area contributed by atoms with Crippen molar-refractivity contribution in [3.8, 4) is 0 Å². The maximum Gasteiger partial charge on any atom is 0.00673 e. The summed E-state index contributed by atoms with van der Waals surface area (Å²) >= 11 is 0. The summed E-state index contributed by atoms with van der Waals surface area (Å²) in [6, 6.07) is 0.509. The number of rotatable bonds is 8. The molecule has 3 atom stereocenters. The molecule has 0 aromatic carbocycles. The summed E-state index contributed by atoms with van der Waals surface area (Å²) in [6.45, 7) is 4.60. The van der Waals surface area contributed by atoms with Crippen LogP contribution in [-0.2, 0) is 0 Å². The summed E-state index contributed by atoms with van der Waals surface area (Å²) in [6.07, 6.45) is 15.3. The van der Waals surface area contributed by atoms with E-state index in [9.17, 15) is 0 Å². The van der Waals surface area contributed by atoms with Crippen molar-refractivity contribution in [2.24, 2.45) is 17.6 Å². The first kappa shape index (κ1) is 15.0. The Morgan fingerprint density at radius 3 is 2.35 bits per heavy atom. The molecule has 1 aliphatic carbocycles. The third kappa shape index (κ3) is 5.90. The summed E-state index contributed by atoms with van der Waals surface area (Å²) in [7, 11) is 0. The predicted octanol–water partition coefficient (Wildman–Crippen LogP) is 4.89. The van der Waals surface area contributed by atoms with Gasteiger partial charge in [-0.15, -0.1) is 0 Å². The van der Waals surface area contributed by atoms with Gasteiger partial charge in [-0.25, -0.2) is 0 Å². The molecule has 1 rings (SSSR count). The van der Waals surface area contributed by atoms with Crippen molar-refractivity contribution >= 4 is 0 Å². The Morgan fingerprint density at radius 2 is 1.65 bits per heavy atom. The Morgan fingerprint density at radius 1 is 0.882 bits per heavy atom. The third-order valence-corrected chi connectivity index (χ3v) is 4.53. The molecule has 3 unspecified atom stereocenters. The minimum absolute atomic E-state index is 0.509. The molecule has 1 aliphatic rings. The minimum atomic E-state index is 0.509. The maximum absolute atomic E-state index is 6.28. The van der Waals surface area contributed by atoms with E-state index in [4.69, 9.17) is 5.73 Å². The highest BCUT2D eigenvalue weighted by Gasteiger charge is 2.26. The average molecular weight is 239 g/mol. The lowest BCUT2D eigenvalue weighted by molar-refractivity contribution is 0.208. The molecule has 1 nitrogen and oxygen atoms in total. The fourth-order valence-corrected chi connectivity index (χ4v) is 3.40. The van der Waals surface area contributed by atoms with Gasteiger partial charge < -0.3 is 5.73 Å². The van der Waals surface area contributed by atoms with E-state index in [2.05, 4.69) is 13.8 Å². The Hall–Kier alpha value is -0.0400. The van der Waals surface area contributed by atoms with Crippen LogP contribution in [0.4, 0.5) is 0 Å². The van der Waals surface area contributed by atoms with E-state index in [0.717, 1.165) is 11.8 Å². The lowest BCUT2D eigenvalue weighted by Crippen LogP contribution is -2.36. The summed E-state index contributed by atoms with van der Waals surface area (Å²) in [5, 5.41) is 0. The van der Waals surface area contributed by atoms with Crippen LogP contribution in [0.15, 0.2) is 0 Å². The van der Waals surface area contributed by atoms with Crippen LogP contribution in [0.25, 0.3) is 0 Å². The Kier molecular flexibility index (Phi) is 7.92. The van der Waals surface area contributed by atoms with Gasteiger partial charge in [-0.1, -0.05) is 58.8 Å². The Balaban J connectivity index is 2.15. The second-order valence-electron chi connectivity index (χ2n) is 6.09. The van der Waals surface area contributed by atoms with Gasteiger partial charge in [-0.3, -0.25) is 0 Å². The highest BCUT2D eigenvalue weighted by Crippen LogP contribution is 2.34. The highest BCUT2D eigenvalue weighted by atomic mass is 14.7. The van der Waals surface area contributed by atoms with Crippen LogP contribution >= 0.6 is 0 Å². The van der Waals surface area contributed by atoms with Crippen LogP contribution in [0.5, 0.6) is 0 Å². The molecule has 0 heterocycles. The van der Waals surface area contributed by atoms with Gasteiger partial charge in [0, 0.05) is 6.04 Å². The van der Waals surface area contributed by atoms with Crippen LogP contribution in [0.2, 0.25) is 0 Å². The van der Waals surface area contributed by atoms with Crippen molar-refractivity contribution in [3.63, 3.8) is 0 Å². The summed E-state index contributed by atoms with van der Waals surface area (Å²) < 4.78 is 0. The highest BCUT2D eigenvalue weighted by molar-refractivity contribution is 4.82. The van der Waals surface area contributed by atoms with E-state index in [0.29, 0.717) is 6.04 Å². The molecule has 102 valence electrons. The van der Waals surface area contributed by atoms with Gasteiger partial charge in [0.05, 0.1) is 0 Å². The Labute approximate surface area is 109 Å². The van der Waals surface area contributed by atoms with Crippen molar-refractivity contribution in [1.29, 1.82) is 0 Å². The van der Waals surface area contributed by atoms with Crippen molar-refractivity contribution in [2.45, 2.75) is 90.5 Å². The van der Waals surface area contributed by atoms with Gasteiger partial charge in [0.1, 0.15) is 0 Å². The van der Waals surface area contributed by atoms with E-state index < -0.39 is 0 Å². The molecule has 1 saturated carbocycles. The molecule has 2 N–H and O–H groups in total. The molecule has 1 heteroatoms. The van der Waals surface area contributed by atoms with Crippen molar-refractivity contribution in [1.82, 2.24) is 0 Å². The number of hydrogen-bond donors (Lipinski definition) is 1. The lowest BCUT2D eigenvalue weighted by atomic mass is 9.74. The first-order valence-corrected chi connectivity index (χ1v) is 8.03. The minimum Gasteiger partial charge on any atom is -0.327 e. The van der Waals surface area contributed by atoms with E-state index >= 15 is 0 Å². The zero-order valence-corrected chi connectivity index (χ0v) is 12.1. The largest absolute Gasteiger partial charge is 0.327 e. The molecule has 0 saturated heterocycles. The van der Waals surface area contributed by atoms with Gasteiger partial charge in [-0.2, -0.15) is 0 Å². The molecule has 0 bridgehead atoms. The van der Waals surface area contributed by atoms with Gasteiger partial charge >= 0.3 is 0 Å². The van der Waals surface area contributed by atoms with E-state index in [1.807, 2.05) is 0 Å². The van der Waals surface area contributed by atoms with Gasteiger partial charge in [-0.05, 0) is 37.5 Å². The quantitative estimate of drug-likeness (QED) is 0.600. The fraction of sp³-hybridized carbons (Fsp3) is 1.00. The van der Waals surface area contributed by atoms with Gasteiger partial charge in [0.15, 0.2) is 0 Å². The molecule has 0 aromatic heterocycles. The van der Waals surface area contributed by atoms with Crippen molar-refractivity contribution in [2.75, 3.05) is 0 Å². The monoisotopic (exact) mass is 239 g/mol. The second-order valence-corrected chi connectivity index (χ2v) is 6.09. The first-order valence-electron chi connectivity index (χ1n) is 8.03. The standard InChI is InChI=1S/C16H33N/c1-3-5-6-7-8-10-15-13-14(9-4-2)11-12-16(15)17/h14-16H,3-13,17H2,1-2H3. The maximum atomic E-state index is 6.28. The Bertz CT molecular complexity index is 178. The first-order chi connectivity index (χ1) is 8.27. The normalized spacial score (nSPS) is 29.5. The molecule has 1 fully saturated rings. The van der Waals surface area contributed by atoms with Crippen LogP contribution in [0.3, 0.4) is 0 Å². The van der Waals surface area contributed by atoms with Crippen LogP contribution in [0.1, 0.15) is 84.5 Å². The topological polar surface area (TPSA) is 26.0 Å². The van der Waals surface area contributed by atoms with E-state index in [-0.39, 0.29) is 0 Å². The third-order valence-electron chi connectivity index (χ3n) is 4.53. The van der Waals surface area contributed by atoms with Gasteiger partial charge in [0.2, 0.25) is 0 Å². The zero-order chi connectivity index (χ0) is 12.5. The molecule has 0 spiro atoms. The zero-order valence-electron chi connectivity index (χ0n) is 12.1. The summed E-state index contributed by atoms with van der Waals surface area (Å²) in [5.74, 6) is 1.82.